The molecular weight excluding hydrogens is 292 g/mol. The Hall–Kier alpha value is -1.37. The van der Waals surface area contributed by atoms with Gasteiger partial charge in [-0.3, -0.25) is 4.79 Å². The second kappa shape index (κ2) is 9.81. The van der Waals surface area contributed by atoms with E-state index in [0.717, 1.165) is 32.1 Å². The Morgan fingerprint density at radius 2 is 1.75 bits per heavy atom. The third-order valence-electron chi connectivity index (χ3n) is 5.07. The molecule has 1 rings (SSSR count). The van der Waals surface area contributed by atoms with E-state index in [1.165, 1.54) is 16.7 Å². The minimum Gasteiger partial charge on any atom is -0.295 e. The molecule has 0 aliphatic heterocycles. The number of ketones is 1. The van der Waals surface area contributed by atoms with Crippen LogP contribution in [0.1, 0.15) is 80.1 Å². The van der Waals surface area contributed by atoms with E-state index in [2.05, 4.69) is 65.8 Å². The molecule has 1 heteroatoms. The van der Waals surface area contributed by atoms with Crippen molar-refractivity contribution < 1.29 is 4.79 Å². The van der Waals surface area contributed by atoms with Gasteiger partial charge in [-0.2, -0.15) is 0 Å². The summed E-state index contributed by atoms with van der Waals surface area (Å²) in [7, 11) is 0. The van der Waals surface area contributed by atoms with Crippen LogP contribution in [0.5, 0.6) is 0 Å². The molecule has 0 unspecified atom stereocenters. The highest BCUT2D eigenvalue weighted by molar-refractivity contribution is 5.91. The van der Waals surface area contributed by atoms with Crippen LogP contribution in [-0.4, -0.2) is 5.78 Å². The fourth-order valence-electron chi connectivity index (χ4n) is 3.38. The fraction of sp³-hybridized carbons (Fsp3) is 0.609. The predicted molar refractivity (Wildman–Crippen MR) is 106 cm³/mol. The minimum atomic E-state index is 0.0917. The van der Waals surface area contributed by atoms with Crippen LogP contribution in [0.25, 0.3) is 0 Å². The number of carbonyl (C=O) groups excluding carboxylic acids is 1. The van der Waals surface area contributed by atoms with Crippen molar-refractivity contribution >= 4 is 5.78 Å². The first-order valence-corrected chi connectivity index (χ1v) is 9.36. The maximum absolute atomic E-state index is 11.9. The van der Waals surface area contributed by atoms with Crippen LogP contribution in [0.2, 0.25) is 0 Å². The Morgan fingerprint density at radius 1 is 1.08 bits per heavy atom. The van der Waals surface area contributed by atoms with E-state index >= 15 is 0 Å². The maximum atomic E-state index is 11.9. The molecule has 0 saturated carbocycles. The van der Waals surface area contributed by atoms with E-state index in [-0.39, 0.29) is 11.2 Å². The summed E-state index contributed by atoms with van der Waals surface area (Å²) in [5.74, 6) is 0.764. The summed E-state index contributed by atoms with van der Waals surface area (Å²) >= 11 is 0. The van der Waals surface area contributed by atoms with Crippen molar-refractivity contribution in [2.75, 3.05) is 0 Å². The summed E-state index contributed by atoms with van der Waals surface area (Å²) in [5, 5.41) is 0. The van der Waals surface area contributed by atoms with Crippen molar-refractivity contribution in [3.63, 3.8) is 0 Å². The number of rotatable bonds is 8. The zero-order valence-corrected chi connectivity index (χ0v) is 16.6. The van der Waals surface area contributed by atoms with Crippen molar-refractivity contribution in [3.8, 4) is 0 Å². The lowest BCUT2D eigenvalue weighted by atomic mass is 9.66. The number of allylic oxidation sites excluding steroid dienone is 8. The van der Waals surface area contributed by atoms with Crippen LogP contribution in [0.3, 0.4) is 0 Å². The summed E-state index contributed by atoms with van der Waals surface area (Å²) < 4.78 is 0. The van der Waals surface area contributed by atoms with Crippen LogP contribution in [0, 0.1) is 11.3 Å². The lowest BCUT2D eigenvalue weighted by molar-refractivity contribution is -0.118. The standard InChI is InChI=1S/C23H36O/c1-18(2)9-7-10-20(5)11-8-16-23(6)17-22(24)15-14-21(23)13-12-19(3)4/h9,11-12,14-15,21H,7-8,10,13,16-17H2,1-6H3/b20-11+/t21-,23-/m0/s1. The van der Waals surface area contributed by atoms with E-state index in [1.807, 2.05) is 0 Å². The largest absolute Gasteiger partial charge is 0.295 e. The van der Waals surface area contributed by atoms with Gasteiger partial charge >= 0.3 is 0 Å². The first-order valence-electron chi connectivity index (χ1n) is 9.36. The van der Waals surface area contributed by atoms with Gasteiger partial charge in [-0.15, -0.1) is 0 Å². The normalized spacial score (nSPS) is 24.0. The van der Waals surface area contributed by atoms with Gasteiger partial charge in [0.15, 0.2) is 5.78 Å². The number of carbonyl (C=O) groups is 1. The van der Waals surface area contributed by atoms with Gasteiger partial charge in [-0.05, 0) is 84.1 Å². The van der Waals surface area contributed by atoms with E-state index < -0.39 is 0 Å². The minimum absolute atomic E-state index is 0.0917. The molecule has 24 heavy (non-hydrogen) atoms. The van der Waals surface area contributed by atoms with Crippen LogP contribution in [-0.2, 0) is 4.79 Å². The van der Waals surface area contributed by atoms with Gasteiger partial charge in [-0.1, -0.05) is 47.9 Å². The molecule has 1 aliphatic rings. The van der Waals surface area contributed by atoms with Gasteiger partial charge < -0.3 is 0 Å². The molecule has 0 bridgehead atoms. The molecule has 0 amide bonds. The molecule has 0 saturated heterocycles. The third kappa shape index (κ3) is 7.47. The van der Waals surface area contributed by atoms with Crippen molar-refractivity contribution in [2.24, 2.45) is 11.3 Å². The van der Waals surface area contributed by atoms with Crippen LogP contribution >= 0.6 is 0 Å². The summed E-state index contributed by atoms with van der Waals surface area (Å²) in [6.07, 6.45) is 17.1. The predicted octanol–water partition coefficient (Wildman–Crippen LogP) is 6.97. The molecule has 1 aliphatic carbocycles. The molecule has 0 N–H and O–H groups in total. The average molecular weight is 329 g/mol. The average Bonchev–Trinajstić information content (AvgIpc) is 2.45. The number of hydrogen-bond acceptors (Lipinski definition) is 1. The first-order chi connectivity index (χ1) is 11.2. The highest BCUT2D eigenvalue weighted by atomic mass is 16.1. The summed E-state index contributed by atoms with van der Waals surface area (Å²) in [5.41, 5.74) is 4.31. The molecule has 0 fully saturated rings. The van der Waals surface area contributed by atoms with Gasteiger partial charge in [-0.25, -0.2) is 0 Å². The van der Waals surface area contributed by atoms with E-state index in [4.69, 9.17) is 0 Å². The van der Waals surface area contributed by atoms with Crippen molar-refractivity contribution in [3.05, 3.63) is 47.1 Å². The highest BCUT2D eigenvalue weighted by Crippen LogP contribution is 2.42. The van der Waals surface area contributed by atoms with Crippen molar-refractivity contribution in [1.82, 2.24) is 0 Å². The monoisotopic (exact) mass is 328 g/mol. The Kier molecular flexibility index (Phi) is 8.45. The topological polar surface area (TPSA) is 17.1 Å². The summed E-state index contributed by atoms with van der Waals surface area (Å²) in [6.45, 7) is 13.1. The molecular formula is C23H36O. The molecule has 0 aromatic carbocycles. The van der Waals surface area contributed by atoms with Gasteiger partial charge in [0, 0.05) is 6.42 Å². The fourth-order valence-corrected chi connectivity index (χ4v) is 3.38. The van der Waals surface area contributed by atoms with Crippen LogP contribution < -0.4 is 0 Å². The second-order valence-electron chi connectivity index (χ2n) is 8.19. The first kappa shape index (κ1) is 20.7. The number of hydrogen-bond donors (Lipinski definition) is 0. The maximum Gasteiger partial charge on any atom is 0.155 e. The molecule has 0 aromatic heterocycles. The van der Waals surface area contributed by atoms with Crippen molar-refractivity contribution in [2.45, 2.75) is 80.1 Å². The quantitative estimate of drug-likeness (QED) is 0.440. The second-order valence-corrected chi connectivity index (χ2v) is 8.19. The van der Waals surface area contributed by atoms with E-state index in [0.29, 0.717) is 12.3 Å². The van der Waals surface area contributed by atoms with Gasteiger partial charge in [0.2, 0.25) is 0 Å². The summed E-state index contributed by atoms with van der Waals surface area (Å²) in [4.78, 5) is 11.9. The summed E-state index contributed by atoms with van der Waals surface area (Å²) in [6, 6.07) is 0. The smallest absolute Gasteiger partial charge is 0.155 e. The lowest BCUT2D eigenvalue weighted by Gasteiger charge is -2.37. The molecule has 0 radical (unpaired) electrons. The third-order valence-corrected chi connectivity index (χ3v) is 5.07. The van der Waals surface area contributed by atoms with Gasteiger partial charge in [0.1, 0.15) is 0 Å². The molecule has 1 nitrogen and oxygen atoms in total. The zero-order valence-electron chi connectivity index (χ0n) is 16.6. The highest BCUT2D eigenvalue weighted by Gasteiger charge is 2.35. The van der Waals surface area contributed by atoms with Crippen LogP contribution in [0.15, 0.2) is 47.1 Å². The van der Waals surface area contributed by atoms with Gasteiger partial charge in [0.05, 0.1) is 0 Å². The SMILES string of the molecule is CC(C)=CCC/C(C)=C/CC[C@@]1(C)CC(=O)C=C[C@@H]1CC=C(C)C. The Morgan fingerprint density at radius 3 is 2.38 bits per heavy atom. The molecule has 134 valence electrons. The molecule has 0 heterocycles. The Bertz CT molecular complexity index is 536. The van der Waals surface area contributed by atoms with Crippen LogP contribution in [0.4, 0.5) is 0 Å². The molecule has 0 spiro atoms. The van der Waals surface area contributed by atoms with Gasteiger partial charge in [0.25, 0.3) is 0 Å². The molecule has 2 atom stereocenters. The van der Waals surface area contributed by atoms with E-state index in [9.17, 15) is 4.79 Å². The van der Waals surface area contributed by atoms with E-state index in [1.54, 1.807) is 6.08 Å². The Balaban J connectivity index is 2.64. The lowest BCUT2D eigenvalue weighted by Crippen LogP contribution is -2.31. The zero-order chi connectivity index (χ0) is 18.2. The Labute approximate surface area is 149 Å². The van der Waals surface area contributed by atoms with Crippen molar-refractivity contribution in [1.29, 1.82) is 0 Å². The molecule has 0 aromatic rings.